The molecule has 9 heteroatoms. The summed E-state index contributed by atoms with van der Waals surface area (Å²) in [6, 6.07) is 3.81. The number of halogens is 1. The largest absolute Gasteiger partial charge is 0.481 e. The Kier molecular flexibility index (Phi) is 5.19. The monoisotopic (exact) mass is 385 g/mol. The average molecular weight is 386 g/mol. The first-order valence-electron chi connectivity index (χ1n) is 7.00. The Bertz CT molecular complexity index is 651. The van der Waals surface area contributed by atoms with Gasteiger partial charge in [0, 0.05) is 24.8 Å². The van der Waals surface area contributed by atoms with Gasteiger partial charge < -0.3 is 15.3 Å². The van der Waals surface area contributed by atoms with Gasteiger partial charge in [0.05, 0.1) is 15.3 Å². The number of carboxylic acid groups (broad SMARTS) is 1. The summed E-state index contributed by atoms with van der Waals surface area (Å²) in [4.78, 5) is 35.2. The molecular formula is C14H16BrN3O5. The van der Waals surface area contributed by atoms with E-state index in [0.717, 1.165) is 0 Å². The fourth-order valence-electron chi connectivity index (χ4n) is 2.63. The van der Waals surface area contributed by atoms with Crippen LogP contribution in [0.25, 0.3) is 0 Å². The van der Waals surface area contributed by atoms with E-state index in [9.17, 15) is 19.7 Å². The van der Waals surface area contributed by atoms with E-state index in [2.05, 4.69) is 21.2 Å². The second-order valence-electron chi connectivity index (χ2n) is 5.63. The van der Waals surface area contributed by atoms with Gasteiger partial charge >= 0.3 is 12.0 Å². The lowest BCUT2D eigenvalue weighted by Crippen LogP contribution is -2.47. The summed E-state index contributed by atoms with van der Waals surface area (Å²) in [6.07, 6.45) is 0.531. The molecule has 1 fully saturated rings. The minimum Gasteiger partial charge on any atom is -0.481 e. The van der Waals surface area contributed by atoms with Gasteiger partial charge in [0.1, 0.15) is 0 Å². The molecule has 1 heterocycles. The Morgan fingerprint density at radius 2 is 2.13 bits per heavy atom. The Hall–Kier alpha value is -2.16. The number of hydrogen-bond acceptors (Lipinski definition) is 4. The van der Waals surface area contributed by atoms with Crippen LogP contribution in [0.15, 0.2) is 22.7 Å². The predicted octanol–water partition coefficient (Wildman–Crippen LogP) is 2.93. The Labute approximate surface area is 140 Å². The van der Waals surface area contributed by atoms with Gasteiger partial charge in [-0.3, -0.25) is 14.9 Å². The Morgan fingerprint density at radius 3 is 2.74 bits per heavy atom. The summed E-state index contributed by atoms with van der Waals surface area (Å²) in [5.41, 5.74) is 0.133. The lowest BCUT2D eigenvalue weighted by molar-refractivity contribution is -0.385. The molecule has 2 atom stereocenters. The molecule has 2 N–H and O–H groups in total. The van der Waals surface area contributed by atoms with Crippen molar-refractivity contribution in [2.24, 2.45) is 11.8 Å². The van der Waals surface area contributed by atoms with Crippen molar-refractivity contribution in [2.45, 2.75) is 13.3 Å². The van der Waals surface area contributed by atoms with Crippen LogP contribution in [0.4, 0.5) is 16.2 Å². The molecule has 2 amide bonds. The SMILES string of the molecule is CC1CC(C(=O)O)CN(C(=O)Nc2ccc(Br)c([N+](=O)[O-])c2)C1. The predicted molar refractivity (Wildman–Crippen MR) is 86.3 cm³/mol. The number of amides is 2. The van der Waals surface area contributed by atoms with Crippen molar-refractivity contribution in [3.05, 3.63) is 32.8 Å². The minimum atomic E-state index is -0.923. The van der Waals surface area contributed by atoms with Crippen molar-refractivity contribution in [3.63, 3.8) is 0 Å². The molecule has 0 aromatic heterocycles. The number of piperidine rings is 1. The number of carbonyl (C=O) groups is 2. The molecule has 0 spiro atoms. The molecule has 0 bridgehead atoms. The number of carboxylic acids is 1. The number of urea groups is 1. The van der Waals surface area contributed by atoms with E-state index in [1.54, 1.807) is 0 Å². The van der Waals surface area contributed by atoms with Gasteiger partial charge in [-0.25, -0.2) is 4.79 Å². The van der Waals surface area contributed by atoms with Crippen LogP contribution in [0.1, 0.15) is 13.3 Å². The topological polar surface area (TPSA) is 113 Å². The van der Waals surface area contributed by atoms with Crippen molar-refractivity contribution < 1.29 is 19.6 Å². The first-order chi connectivity index (χ1) is 10.8. The maximum absolute atomic E-state index is 12.3. The van der Waals surface area contributed by atoms with E-state index < -0.39 is 22.8 Å². The summed E-state index contributed by atoms with van der Waals surface area (Å²) in [5, 5.41) is 22.6. The van der Waals surface area contributed by atoms with Crippen molar-refractivity contribution >= 4 is 39.3 Å². The zero-order valence-electron chi connectivity index (χ0n) is 12.4. The number of rotatable bonds is 3. The smallest absolute Gasteiger partial charge is 0.321 e. The highest BCUT2D eigenvalue weighted by atomic mass is 79.9. The van der Waals surface area contributed by atoms with Crippen molar-refractivity contribution in [3.8, 4) is 0 Å². The summed E-state index contributed by atoms with van der Waals surface area (Å²) < 4.78 is 0.318. The van der Waals surface area contributed by atoms with Crippen LogP contribution in [0.3, 0.4) is 0 Å². The third-order valence-corrected chi connectivity index (χ3v) is 4.36. The molecule has 8 nitrogen and oxygen atoms in total. The lowest BCUT2D eigenvalue weighted by atomic mass is 9.91. The van der Waals surface area contributed by atoms with Crippen LogP contribution in [-0.2, 0) is 4.79 Å². The summed E-state index contributed by atoms with van der Waals surface area (Å²) >= 11 is 3.08. The molecule has 0 aliphatic carbocycles. The lowest BCUT2D eigenvalue weighted by Gasteiger charge is -2.34. The van der Waals surface area contributed by atoms with E-state index in [4.69, 9.17) is 5.11 Å². The first-order valence-corrected chi connectivity index (χ1v) is 7.80. The molecule has 1 aliphatic rings. The number of anilines is 1. The summed E-state index contributed by atoms with van der Waals surface area (Å²) in [6.45, 7) is 2.47. The first kappa shape index (κ1) is 17.2. The number of hydrogen-bond donors (Lipinski definition) is 2. The molecule has 1 saturated heterocycles. The minimum absolute atomic E-state index is 0.0786. The quantitative estimate of drug-likeness (QED) is 0.613. The molecule has 1 aromatic rings. The van der Waals surface area contributed by atoms with Crippen molar-refractivity contribution in [1.82, 2.24) is 4.90 Å². The maximum Gasteiger partial charge on any atom is 0.321 e. The second-order valence-corrected chi connectivity index (χ2v) is 6.49. The van der Waals surface area contributed by atoms with Crippen LogP contribution in [0, 0.1) is 22.0 Å². The molecule has 0 radical (unpaired) electrons. The Balaban J connectivity index is 2.11. The van der Waals surface area contributed by atoms with Crippen molar-refractivity contribution in [2.75, 3.05) is 18.4 Å². The van der Waals surface area contributed by atoms with E-state index in [1.165, 1.54) is 23.1 Å². The van der Waals surface area contributed by atoms with Crippen LogP contribution >= 0.6 is 15.9 Å². The standard InChI is InChI=1S/C14H16BrN3O5/c1-8-4-9(13(19)20)7-17(6-8)14(21)16-10-2-3-11(15)12(5-10)18(22)23/h2-3,5,8-9H,4,6-7H2,1H3,(H,16,21)(H,19,20). The zero-order valence-corrected chi connectivity index (χ0v) is 13.9. The summed E-state index contributed by atoms with van der Waals surface area (Å²) in [5.74, 6) is -1.44. The van der Waals surface area contributed by atoms with E-state index >= 15 is 0 Å². The number of aliphatic carboxylic acids is 1. The third-order valence-electron chi connectivity index (χ3n) is 3.69. The van der Waals surface area contributed by atoms with Crippen molar-refractivity contribution in [1.29, 1.82) is 0 Å². The molecule has 23 heavy (non-hydrogen) atoms. The molecule has 2 rings (SSSR count). The van der Waals surface area contributed by atoms with E-state index in [1.807, 2.05) is 6.92 Å². The number of benzene rings is 1. The molecule has 0 saturated carbocycles. The molecule has 1 aromatic carbocycles. The number of nitro groups is 1. The summed E-state index contributed by atoms with van der Waals surface area (Å²) in [7, 11) is 0. The molecule has 1 aliphatic heterocycles. The van der Waals surface area contributed by atoms with Gasteiger partial charge in [0.25, 0.3) is 5.69 Å². The Morgan fingerprint density at radius 1 is 1.43 bits per heavy atom. The zero-order chi connectivity index (χ0) is 17.1. The van der Waals surface area contributed by atoms with Crippen LogP contribution < -0.4 is 5.32 Å². The van der Waals surface area contributed by atoms with Gasteiger partial charge in [0.2, 0.25) is 0 Å². The number of nitrogens with one attached hydrogen (secondary N) is 1. The molecule has 124 valence electrons. The number of likely N-dealkylation sites (tertiary alicyclic amines) is 1. The fraction of sp³-hybridized carbons (Fsp3) is 0.429. The normalized spacial score (nSPS) is 20.9. The second kappa shape index (κ2) is 6.95. The van der Waals surface area contributed by atoms with Crippen LogP contribution in [0.2, 0.25) is 0 Å². The maximum atomic E-state index is 12.3. The van der Waals surface area contributed by atoms with Gasteiger partial charge in [-0.05, 0) is 40.4 Å². The highest BCUT2D eigenvalue weighted by molar-refractivity contribution is 9.10. The van der Waals surface area contributed by atoms with Gasteiger partial charge in [-0.1, -0.05) is 6.92 Å². The van der Waals surface area contributed by atoms with Crippen LogP contribution in [0.5, 0.6) is 0 Å². The number of carbonyl (C=O) groups excluding carboxylic acids is 1. The molecular weight excluding hydrogens is 370 g/mol. The van der Waals surface area contributed by atoms with Crippen LogP contribution in [-0.4, -0.2) is 40.0 Å². The fourth-order valence-corrected chi connectivity index (χ4v) is 3.02. The molecule has 2 unspecified atom stereocenters. The number of nitro benzene ring substituents is 1. The highest BCUT2D eigenvalue weighted by Crippen LogP contribution is 2.28. The van der Waals surface area contributed by atoms with Gasteiger partial charge in [-0.15, -0.1) is 0 Å². The van der Waals surface area contributed by atoms with E-state index in [0.29, 0.717) is 17.4 Å². The average Bonchev–Trinajstić information content (AvgIpc) is 2.48. The highest BCUT2D eigenvalue weighted by Gasteiger charge is 2.32. The van der Waals surface area contributed by atoms with Gasteiger partial charge in [-0.2, -0.15) is 0 Å². The van der Waals surface area contributed by atoms with Gasteiger partial charge in [0.15, 0.2) is 0 Å². The third kappa shape index (κ3) is 4.19. The van der Waals surface area contributed by atoms with E-state index in [-0.39, 0.29) is 23.8 Å². The number of nitrogens with zero attached hydrogens (tertiary/aromatic N) is 2.